The highest BCUT2D eigenvalue weighted by atomic mass is 16.4. The number of Topliss-reactive ketones (excluding diaryl/α,β-unsaturated/α-hetero) is 2. The molecule has 0 bridgehead atoms. The molecule has 1 atom stereocenters. The monoisotopic (exact) mass is 294 g/mol. The first-order valence-electron chi connectivity index (χ1n) is 8.08. The molecule has 1 N–H and O–H groups in total. The molecule has 0 amide bonds. The van der Waals surface area contributed by atoms with Crippen LogP contribution >= 0.6 is 0 Å². The molecule has 0 aromatic rings. The van der Waals surface area contributed by atoms with Gasteiger partial charge in [-0.25, -0.2) is 4.79 Å². The van der Waals surface area contributed by atoms with E-state index in [4.69, 9.17) is 5.11 Å². The van der Waals surface area contributed by atoms with Crippen LogP contribution in [0.4, 0.5) is 0 Å². The van der Waals surface area contributed by atoms with Crippen molar-refractivity contribution in [2.45, 2.75) is 71.1 Å². The van der Waals surface area contributed by atoms with E-state index >= 15 is 0 Å². The predicted molar refractivity (Wildman–Crippen MR) is 81.1 cm³/mol. The van der Waals surface area contributed by atoms with E-state index < -0.39 is 5.97 Å². The molecule has 0 aliphatic heterocycles. The van der Waals surface area contributed by atoms with E-state index in [-0.39, 0.29) is 29.5 Å². The van der Waals surface area contributed by atoms with E-state index in [2.05, 4.69) is 6.92 Å². The maximum absolute atomic E-state index is 11.9. The number of hydrogen-bond donors (Lipinski definition) is 1. The van der Waals surface area contributed by atoms with Crippen molar-refractivity contribution in [1.82, 2.24) is 0 Å². The molecule has 0 aromatic carbocycles. The van der Waals surface area contributed by atoms with Gasteiger partial charge in [-0.3, -0.25) is 9.59 Å². The number of aliphatic carboxylic acids is 1. The summed E-state index contributed by atoms with van der Waals surface area (Å²) in [5.41, 5.74) is -0.118. The standard InChI is InChI=1S/C17H26O4/c1-2-3-4-5-6-7-8-9-10-13-11-15(18)14(17(13)21)12-16(19)20/h12-13H,2-11H2,1H3,(H,19,20)/b14-12+. The second-order valence-electron chi connectivity index (χ2n) is 5.85. The Hall–Kier alpha value is -1.45. The average molecular weight is 294 g/mol. The molecule has 0 saturated heterocycles. The van der Waals surface area contributed by atoms with Crippen molar-refractivity contribution in [1.29, 1.82) is 0 Å². The number of rotatable bonds is 10. The molecule has 1 aliphatic rings. The molecule has 1 rings (SSSR count). The number of ketones is 2. The van der Waals surface area contributed by atoms with Crippen LogP contribution in [0.1, 0.15) is 71.1 Å². The van der Waals surface area contributed by atoms with Crippen LogP contribution in [0.5, 0.6) is 0 Å². The van der Waals surface area contributed by atoms with Gasteiger partial charge in [-0.15, -0.1) is 0 Å². The van der Waals surface area contributed by atoms with Crippen molar-refractivity contribution in [3.8, 4) is 0 Å². The number of carboxylic acids is 1. The van der Waals surface area contributed by atoms with Gasteiger partial charge >= 0.3 is 5.97 Å². The third-order valence-electron chi connectivity index (χ3n) is 4.04. The Morgan fingerprint density at radius 2 is 1.67 bits per heavy atom. The van der Waals surface area contributed by atoms with Crippen LogP contribution in [0.15, 0.2) is 11.6 Å². The maximum Gasteiger partial charge on any atom is 0.329 e. The first-order chi connectivity index (χ1) is 10.1. The Balaban J connectivity index is 2.20. The van der Waals surface area contributed by atoms with E-state index in [0.717, 1.165) is 18.9 Å². The van der Waals surface area contributed by atoms with Crippen LogP contribution < -0.4 is 0 Å². The average Bonchev–Trinajstić information content (AvgIpc) is 2.69. The molecule has 4 nitrogen and oxygen atoms in total. The zero-order chi connectivity index (χ0) is 15.7. The van der Waals surface area contributed by atoms with Gasteiger partial charge in [0.2, 0.25) is 0 Å². The molecule has 0 radical (unpaired) electrons. The zero-order valence-corrected chi connectivity index (χ0v) is 12.9. The minimum Gasteiger partial charge on any atom is -0.478 e. The first kappa shape index (κ1) is 17.6. The van der Waals surface area contributed by atoms with E-state index in [0.29, 0.717) is 6.42 Å². The second-order valence-corrected chi connectivity index (χ2v) is 5.85. The number of hydrogen-bond acceptors (Lipinski definition) is 3. The summed E-state index contributed by atoms with van der Waals surface area (Å²) < 4.78 is 0. The quantitative estimate of drug-likeness (QED) is 0.379. The van der Waals surface area contributed by atoms with Gasteiger partial charge in [-0.05, 0) is 6.42 Å². The van der Waals surface area contributed by atoms with Gasteiger partial charge < -0.3 is 5.11 Å². The van der Waals surface area contributed by atoms with Crippen molar-refractivity contribution < 1.29 is 19.5 Å². The van der Waals surface area contributed by atoms with Crippen LogP contribution in [0.2, 0.25) is 0 Å². The Morgan fingerprint density at radius 1 is 1.10 bits per heavy atom. The number of carbonyl (C=O) groups is 3. The Kier molecular flexibility index (Phi) is 7.95. The lowest BCUT2D eigenvalue weighted by Gasteiger charge is -2.06. The lowest BCUT2D eigenvalue weighted by molar-refractivity contribution is -0.132. The first-order valence-corrected chi connectivity index (χ1v) is 8.08. The largest absolute Gasteiger partial charge is 0.478 e. The van der Waals surface area contributed by atoms with Gasteiger partial charge in [0.1, 0.15) is 0 Å². The topological polar surface area (TPSA) is 71.4 Å². The highest BCUT2D eigenvalue weighted by Crippen LogP contribution is 2.28. The summed E-state index contributed by atoms with van der Waals surface area (Å²) in [4.78, 5) is 34.1. The van der Waals surface area contributed by atoms with Crippen molar-refractivity contribution >= 4 is 17.5 Å². The van der Waals surface area contributed by atoms with Gasteiger partial charge in [0.15, 0.2) is 11.6 Å². The van der Waals surface area contributed by atoms with Crippen LogP contribution in [0.3, 0.4) is 0 Å². The maximum atomic E-state index is 11.9. The Bertz CT molecular complexity index is 409. The lowest BCUT2D eigenvalue weighted by atomic mass is 9.97. The Morgan fingerprint density at radius 3 is 2.24 bits per heavy atom. The van der Waals surface area contributed by atoms with Crippen molar-refractivity contribution in [3.05, 3.63) is 11.6 Å². The molecule has 0 heterocycles. The molecule has 1 aliphatic carbocycles. The predicted octanol–water partition coefficient (Wildman–Crippen LogP) is 3.69. The van der Waals surface area contributed by atoms with Gasteiger partial charge in [0.25, 0.3) is 0 Å². The fraction of sp³-hybridized carbons (Fsp3) is 0.706. The molecular formula is C17H26O4. The smallest absolute Gasteiger partial charge is 0.329 e. The highest BCUT2D eigenvalue weighted by Gasteiger charge is 2.35. The van der Waals surface area contributed by atoms with Crippen molar-refractivity contribution in [2.75, 3.05) is 0 Å². The fourth-order valence-electron chi connectivity index (χ4n) is 2.82. The highest BCUT2D eigenvalue weighted by molar-refractivity contribution is 6.28. The molecule has 1 saturated carbocycles. The summed E-state index contributed by atoms with van der Waals surface area (Å²) in [5, 5.41) is 8.65. The van der Waals surface area contributed by atoms with Crippen molar-refractivity contribution in [3.63, 3.8) is 0 Å². The molecule has 0 spiro atoms. The number of carboxylic acid groups (broad SMARTS) is 1. The minimum absolute atomic E-state index is 0.118. The summed E-state index contributed by atoms with van der Waals surface area (Å²) >= 11 is 0. The molecule has 0 aromatic heterocycles. The summed E-state index contributed by atoms with van der Waals surface area (Å²) in [6.07, 6.45) is 11.2. The van der Waals surface area contributed by atoms with Gasteiger partial charge in [-0.1, -0.05) is 58.3 Å². The number of carbonyl (C=O) groups excluding carboxylic acids is 2. The van der Waals surface area contributed by atoms with Gasteiger partial charge in [-0.2, -0.15) is 0 Å². The van der Waals surface area contributed by atoms with E-state index in [1.54, 1.807) is 0 Å². The lowest BCUT2D eigenvalue weighted by Crippen LogP contribution is -2.09. The summed E-state index contributed by atoms with van der Waals surface area (Å²) in [6, 6.07) is 0. The SMILES string of the molecule is CCCCCCCCCCC1CC(=O)/C(=C\C(=O)O)C1=O. The number of allylic oxidation sites excluding steroid dienone is 1. The zero-order valence-electron chi connectivity index (χ0n) is 12.9. The molecule has 4 heteroatoms. The van der Waals surface area contributed by atoms with Crippen LogP contribution in [0, 0.1) is 5.92 Å². The third-order valence-corrected chi connectivity index (χ3v) is 4.04. The minimum atomic E-state index is -1.22. The van der Waals surface area contributed by atoms with Gasteiger partial charge in [0, 0.05) is 18.4 Å². The molecule has 1 unspecified atom stereocenters. The van der Waals surface area contributed by atoms with Crippen LogP contribution in [-0.2, 0) is 14.4 Å². The van der Waals surface area contributed by atoms with E-state index in [9.17, 15) is 14.4 Å². The normalized spacial score (nSPS) is 20.4. The second kappa shape index (κ2) is 9.48. The molecule has 1 fully saturated rings. The summed E-state index contributed by atoms with van der Waals surface area (Å²) in [6.45, 7) is 2.20. The van der Waals surface area contributed by atoms with E-state index in [1.165, 1.54) is 38.5 Å². The van der Waals surface area contributed by atoms with E-state index in [1.807, 2.05) is 0 Å². The third kappa shape index (κ3) is 6.23. The van der Waals surface area contributed by atoms with Crippen LogP contribution in [0.25, 0.3) is 0 Å². The van der Waals surface area contributed by atoms with Gasteiger partial charge in [0.05, 0.1) is 5.57 Å². The number of unbranched alkanes of at least 4 members (excludes halogenated alkanes) is 7. The fourth-order valence-corrected chi connectivity index (χ4v) is 2.82. The summed E-state index contributed by atoms with van der Waals surface area (Å²) in [5.74, 6) is -2.10. The molecular weight excluding hydrogens is 268 g/mol. The Labute approximate surface area is 126 Å². The molecule has 21 heavy (non-hydrogen) atoms. The van der Waals surface area contributed by atoms with Crippen LogP contribution in [-0.4, -0.2) is 22.6 Å². The molecule has 118 valence electrons. The summed E-state index contributed by atoms with van der Waals surface area (Å²) in [7, 11) is 0. The van der Waals surface area contributed by atoms with Crippen molar-refractivity contribution in [2.24, 2.45) is 5.92 Å².